The third-order valence-corrected chi connectivity index (χ3v) is 4.50. The molecule has 0 spiro atoms. The summed E-state index contributed by atoms with van der Waals surface area (Å²) in [6.45, 7) is 10.8. The summed E-state index contributed by atoms with van der Waals surface area (Å²) in [5, 5.41) is 5.31. The van der Waals surface area contributed by atoms with Crippen LogP contribution in [-0.2, 0) is 24.5 Å². The molecule has 0 bridgehead atoms. The average Bonchev–Trinajstić information content (AvgIpc) is 2.68. The van der Waals surface area contributed by atoms with E-state index in [1.165, 1.54) is 13.8 Å². The lowest BCUT2D eigenvalue weighted by atomic mass is 9.87. The molecule has 7 heteroatoms. The number of ether oxygens (including phenoxy) is 2. The summed E-state index contributed by atoms with van der Waals surface area (Å²) in [5.74, 6) is -0.737. The minimum Gasteiger partial charge on any atom is -0.479 e. The van der Waals surface area contributed by atoms with E-state index < -0.39 is 24.1 Å². The van der Waals surface area contributed by atoms with Gasteiger partial charge in [0.05, 0.1) is 0 Å². The molecule has 0 aliphatic heterocycles. The normalized spacial score (nSPS) is 13.0. The number of amides is 2. The van der Waals surface area contributed by atoms with Crippen LogP contribution in [-0.4, -0.2) is 30.0 Å². The SMILES string of the molecule is CC(=O)Nc1ccc(NC(=O)[C@@H](C)OC(=O)[C@H](C)Oc2ccc(C(C)(C)C)cc2)cc1. The zero-order chi connectivity index (χ0) is 23.2. The van der Waals surface area contributed by atoms with Crippen molar-refractivity contribution in [3.63, 3.8) is 0 Å². The first-order valence-corrected chi connectivity index (χ1v) is 10.1. The largest absolute Gasteiger partial charge is 0.479 e. The van der Waals surface area contributed by atoms with E-state index in [0.717, 1.165) is 5.56 Å². The molecule has 2 aromatic carbocycles. The molecule has 0 aliphatic rings. The van der Waals surface area contributed by atoms with Gasteiger partial charge in [-0.1, -0.05) is 32.9 Å². The average molecular weight is 427 g/mol. The maximum atomic E-state index is 12.3. The van der Waals surface area contributed by atoms with Gasteiger partial charge in [-0.3, -0.25) is 9.59 Å². The number of carbonyl (C=O) groups is 3. The van der Waals surface area contributed by atoms with Crippen LogP contribution in [0.5, 0.6) is 5.75 Å². The van der Waals surface area contributed by atoms with E-state index in [1.807, 2.05) is 24.3 Å². The first-order valence-electron chi connectivity index (χ1n) is 10.1. The molecule has 0 aromatic heterocycles. The predicted molar refractivity (Wildman–Crippen MR) is 120 cm³/mol. The first kappa shape index (κ1) is 23.9. The van der Waals surface area contributed by atoms with Crippen molar-refractivity contribution in [3.05, 3.63) is 54.1 Å². The van der Waals surface area contributed by atoms with Gasteiger partial charge in [-0.05, 0) is 61.2 Å². The fraction of sp³-hybridized carbons (Fsp3) is 0.375. The second kappa shape index (κ2) is 10.1. The van der Waals surface area contributed by atoms with Crippen molar-refractivity contribution in [2.75, 3.05) is 10.6 Å². The Morgan fingerprint density at radius 1 is 0.806 bits per heavy atom. The highest BCUT2D eigenvalue weighted by atomic mass is 16.6. The van der Waals surface area contributed by atoms with E-state index in [9.17, 15) is 14.4 Å². The highest BCUT2D eigenvalue weighted by molar-refractivity contribution is 5.95. The Bertz CT molecular complexity index is 914. The number of hydrogen-bond acceptors (Lipinski definition) is 5. The third-order valence-electron chi connectivity index (χ3n) is 4.50. The van der Waals surface area contributed by atoms with Crippen LogP contribution in [0.15, 0.2) is 48.5 Å². The Hall–Kier alpha value is -3.35. The highest BCUT2D eigenvalue weighted by Crippen LogP contribution is 2.24. The standard InChI is InChI=1S/C24H30N2O5/c1-15(22(28)26-20-11-9-19(10-12-20)25-17(3)27)31-23(29)16(2)30-21-13-7-18(8-14-21)24(4,5)6/h7-16H,1-6H3,(H,25,27)(H,26,28)/t15-,16+/m1/s1. The van der Waals surface area contributed by atoms with Crippen LogP contribution in [0.25, 0.3) is 0 Å². The summed E-state index contributed by atoms with van der Waals surface area (Å²) in [7, 11) is 0. The molecule has 2 aromatic rings. The molecular weight excluding hydrogens is 396 g/mol. The summed E-state index contributed by atoms with van der Waals surface area (Å²) in [6, 6.07) is 14.1. The summed E-state index contributed by atoms with van der Waals surface area (Å²) in [5.41, 5.74) is 2.32. The number of carbonyl (C=O) groups excluding carboxylic acids is 3. The van der Waals surface area contributed by atoms with E-state index in [2.05, 4.69) is 31.4 Å². The molecule has 2 atom stereocenters. The van der Waals surface area contributed by atoms with E-state index in [-0.39, 0.29) is 11.3 Å². The van der Waals surface area contributed by atoms with E-state index in [0.29, 0.717) is 17.1 Å². The van der Waals surface area contributed by atoms with Crippen LogP contribution in [0.4, 0.5) is 11.4 Å². The molecule has 0 saturated heterocycles. The minimum absolute atomic E-state index is 0.0239. The van der Waals surface area contributed by atoms with Gasteiger partial charge >= 0.3 is 5.97 Å². The van der Waals surface area contributed by atoms with Gasteiger partial charge in [-0.25, -0.2) is 4.79 Å². The molecular formula is C24H30N2O5. The molecule has 2 amide bonds. The number of esters is 1. The highest BCUT2D eigenvalue weighted by Gasteiger charge is 2.23. The third kappa shape index (κ3) is 7.44. The topological polar surface area (TPSA) is 93.7 Å². The first-order chi connectivity index (χ1) is 14.5. The van der Waals surface area contributed by atoms with Gasteiger partial charge in [-0.15, -0.1) is 0 Å². The molecule has 0 unspecified atom stereocenters. The zero-order valence-electron chi connectivity index (χ0n) is 18.8. The maximum Gasteiger partial charge on any atom is 0.347 e. The molecule has 7 nitrogen and oxygen atoms in total. The maximum absolute atomic E-state index is 12.3. The minimum atomic E-state index is -1.00. The Kier molecular flexibility index (Phi) is 7.80. The number of benzene rings is 2. The quantitative estimate of drug-likeness (QED) is 0.645. The van der Waals surface area contributed by atoms with Crippen molar-refractivity contribution in [2.24, 2.45) is 0 Å². The predicted octanol–water partition coefficient (Wildman–Crippen LogP) is 4.28. The second-order valence-electron chi connectivity index (χ2n) is 8.36. The lowest BCUT2D eigenvalue weighted by Crippen LogP contribution is -2.35. The van der Waals surface area contributed by atoms with Crippen LogP contribution < -0.4 is 15.4 Å². The molecule has 0 heterocycles. The zero-order valence-corrected chi connectivity index (χ0v) is 18.8. The number of hydrogen-bond donors (Lipinski definition) is 2. The summed E-state index contributed by atoms with van der Waals surface area (Å²) in [4.78, 5) is 35.7. The Labute approximate surface area is 183 Å². The summed E-state index contributed by atoms with van der Waals surface area (Å²) < 4.78 is 10.9. The number of nitrogens with one attached hydrogen (secondary N) is 2. The summed E-state index contributed by atoms with van der Waals surface area (Å²) >= 11 is 0. The van der Waals surface area contributed by atoms with Gasteiger partial charge in [0.15, 0.2) is 12.2 Å². The Balaban J connectivity index is 1.87. The monoisotopic (exact) mass is 426 g/mol. The molecule has 31 heavy (non-hydrogen) atoms. The number of anilines is 2. The van der Waals surface area contributed by atoms with Crippen LogP contribution >= 0.6 is 0 Å². The van der Waals surface area contributed by atoms with Crippen LogP contribution in [0.1, 0.15) is 47.1 Å². The van der Waals surface area contributed by atoms with Crippen molar-refractivity contribution in [3.8, 4) is 5.75 Å². The van der Waals surface area contributed by atoms with Crippen molar-refractivity contribution < 1.29 is 23.9 Å². The van der Waals surface area contributed by atoms with Crippen LogP contribution in [0.2, 0.25) is 0 Å². The Morgan fingerprint density at radius 2 is 1.32 bits per heavy atom. The van der Waals surface area contributed by atoms with Crippen molar-refractivity contribution in [2.45, 2.75) is 59.2 Å². The smallest absolute Gasteiger partial charge is 0.347 e. The van der Waals surface area contributed by atoms with E-state index in [4.69, 9.17) is 9.47 Å². The van der Waals surface area contributed by atoms with Gasteiger partial charge in [0.2, 0.25) is 5.91 Å². The second-order valence-corrected chi connectivity index (χ2v) is 8.36. The summed E-state index contributed by atoms with van der Waals surface area (Å²) in [6.07, 6.45) is -1.87. The molecule has 0 saturated carbocycles. The van der Waals surface area contributed by atoms with Gasteiger partial charge in [0.25, 0.3) is 5.91 Å². The lowest BCUT2D eigenvalue weighted by molar-refractivity contribution is -0.159. The van der Waals surface area contributed by atoms with E-state index >= 15 is 0 Å². The fourth-order valence-electron chi connectivity index (χ4n) is 2.69. The van der Waals surface area contributed by atoms with Crippen LogP contribution in [0.3, 0.4) is 0 Å². The fourth-order valence-corrected chi connectivity index (χ4v) is 2.69. The van der Waals surface area contributed by atoms with Crippen molar-refractivity contribution in [1.82, 2.24) is 0 Å². The molecule has 0 aliphatic carbocycles. The molecule has 166 valence electrons. The molecule has 0 fully saturated rings. The van der Waals surface area contributed by atoms with Crippen molar-refractivity contribution in [1.29, 1.82) is 0 Å². The van der Waals surface area contributed by atoms with Gasteiger partial charge in [-0.2, -0.15) is 0 Å². The molecule has 2 rings (SSSR count). The molecule has 0 radical (unpaired) electrons. The van der Waals surface area contributed by atoms with Gasteiger partial charge < -0.3 is 20.1 Å². The van der Waals surface area contributed by atoms with Crippen molar-refractivity contribution >= 4 is 29.2 Å². The number of rotatable bonds is 7. The van der Waals surface area contributed by atoms with Crippen LogP contribution in [0, 0.1) is 0 Å². The Morgan fingerprint density at radius 3 is 1.81 bits per heavy atom. The lowest BCUT2D eigenvalue weighted by Gasteiger charge is -2.20. The van der Waals surface area contributed by atoms with E-state index in [1.54, 1.807) is 31.2 Å². The molecule has 2 N–H and O–H groups in total. The van der Waals surface area contributed by atoms with Gasteiger partial charge in [0, 0.05) is 18.3 Å². The van der Waals surface area contributed by atoms with Gasteiger partial charge in [0.1, 0.15) is 5.75 Å².